The Bertz CT molecular complexity index is 1030. The zero-order chi connectivity index (χ0) is 27.9. The third-order valence-electron chi connectivity index (χ3n) is 9.85. The van der Waals surface area contributed by atoms with E-state index in [2.05, 4.69) is 0 Å². The molecule has 9 nitrogen and oxygen atoms in total. The first-order valence-corrected chi connectivity index (χ1v) is 13.3. The van der Waals surface area contributed by atoms with Crippen LogP contribution in [0.25, 0.3) is 0 Å². The van der Waals surface area contributed by atoms with Gasteiger partial charge in [0.25, 0.3) is 0 Å². The number of ketones is 2. The standard InChI is InChI=1S/C28H39FO9/c1-17-13-21-20-6-5-18-14-19(30)7-8-25(18,2)27(20,29)22(31)15-26(21,3)28(17,34)23(32)16-38-24(33)37-12-11-36-10-9-35-4/h7-8,14,17,20-22,31,34H,5-6,9-13,15-16H2,1-4H3/t17-,20+,21+,22+,25+,26+,27+,28+/m1/s1. The quantitative estimate of drug-likeness (QED) is 0.336. The molecule has 2 N–H and O–H groups in total. The fraction of sp³-hybridized carbons (Fsp3) is 0.750. The zero-order valence-corrected chi connectivity index (χ0v) is 22.5. The van der Waals surface area contributed by atoms with Crippen molar-refractivity contribution in [3.63, 3.8) is 0 Å². The van der Waals surface area contributed by atoms with Crippen LogP contribution in [-0.4, -0.2) is 85.5 Å². The van der Waals surface area contributed by atoms with E-state index in [9.17, 15) is 24.6 Å². The topological polar surface area (TPSA) is 129 Å². The first-order valence-electron chi connectivity index (χ1n) is 13.3. The van der Waals surface area contributed by atoms with E-state index < -0.39 is 64.5 Å². The summed E-state index contributed by atoms with van der Waals surface area (Å²) in [6.45, 7) is 5.29. The van der Waals surface area contributed by atoms with Crippen LogP contribution >= 0.6 is 0 Å². The van der Waals surface area contributed by atoms with Gasteiger partial charge in [0.05, 0.1) is 25.9 Å². The lowest BCUT2D eigenvalue weighted by Crippen LogP contribution is -2.69. The SMILES string of the molecule is COCCOCCOC(=O)OCC(=O)[C@@]1(O)[C@H](C)C[C@H]2[C@@H]3CCC4=CC(=O)C=C[C@]4(C)[C@@]3(F)[C@@H](O)C[C@@]21C. The molecule has 10 heteroatoms. The van der Waals surface area contributed by atoms with Crippen LogP contribution in [0.4, 0.5) is 9.18 Å². The Kier molecular flexibility index (Phi) is 7.93. The van der Waals surface area contributed by atoms with Crippen LogP contribution in [0.1, 0.15) is 46.5 Å². The van der Waals surface area contributed by atoms with E-state index in [-0.39, 0.29) is 25.4 Å². The van der Waals surface area contributed by atoms with Crippen LogP contribution in [0.2, 0.25) is 0 Å². The highest BCUT2D eigenvalue weighted by Crippen LogP contribution is 2.70. The molecule has 4 rings (SSSR count). The van der Waals surface area contributed by atoms with Gasteiger partial charge in [-0.25, -0.2) is 9.18 Å². The van der Waals surface area contributed by atoms with Gasteiger partial charge < -0.3 is 29.2 Å². The van der Waals surface area contributed by atoms with Gasteiger partial charge >= 0.3 is 6.16 Å². The molecule has 0 amide bonds. The number of ether oxygens (including phenoxy) is 4. The lowest BCUT2D eigenvalue weighted by molar-refractivity contribution is -0.219. The maximum absolute atomic E-state index is 17.2. The lowest BCUT2D eigenvalue weighted by atomic mass is 9.44. The molecule has 212 valence electrons. The Balaban J connectivity index is 1.48. The minimum Gasteiger partial charge on any atom is -0.432 e. The minimum atomic E-state index is -2.06. The third-order valence-corrected chi connectivity index (χ3v) is 9.85. The predicted molar refractivity (Wildman–Crippen MR) is 133 cm³/mol. The molecule has 0 unspecified atom stereocenters. The van der Waals surface area contributed by atoms with Crippen molar-refractivity contribution in [1.82, 2.24) is 0 Å². The summed E-state index contributed by atoms with van der Waals surface area (Å²) in [5, 5.41) is 23.3. The number of hydrogen-bond donors (Lipinski definition) is 2. The number of allylic oxidation sites excluding steroid dienone is 4. The molecule has 0 saturated heterocycles. The number of hydrogen-bond acceptors (Lipinski definition) is 9. The van der Waals surface area contributed by atoms with E-state index in [1.54, 1.807) is 26.8 Å². The van der Waals surface area contributed by atoms with Crippen LogP contribution in [0.5, 0.6) is 0 Å². The Morgan fingerprint density at radius 1 is 1.13 bits per heavy atom. The Labute approximate surface area is 222 Å². The molecule has 0 heterocycles. The first kappa shape index (κ1) is 28.9. The van der Waals surface area contributed by atoms with Gasteiger partial charge in [0.2, 0.25) is 5.78 Å². The molecule has 0 radical (unpaired) electrons. The Morgan fingerprint density at radius 2 is 1.84 bits per heavy atom. The number of alkyl halides is 1. The van der Waals surface area contributed by atoms with Crippen molar-refractivity contribution in [3.8, 4) is 0 Å². The van der Waals surface area contributed by atoms with E-state index in [1.807, 2.05) is 0 Å². The maximum atomic E-state index is 17.2. The van der Waals surface area contributed by atoms with Crippen molar-refractivity contribution >= 4 is 17.7 Å². The summed E-state index contributed by atoms with van der Waals surface area (Å²) in [5.74, 6) is -2.49. The van der Waals surface area contributed by atoms with Crippen molar-refractivity contribution in [3.05, 3.63) is 23.8 Å². The van der Waals surface area contributed by atoms with Gasteiger partial charge in [-0.2, -0.15) is 0 Å². The molecule has 4 aliphatic rings. The van der Waals surface area contributed by atoms with Gasteiger partial charge in [-0.05, 0) is 56.6 Å². The smallest absolute Gasteiger partial charge is 0.432 e. The summed E-state index contributed by atoms with van der Waals surface area (Å²) in [5.41, 5.74) is -5.62. The third kappa shape index (κ3) is 4.24. The highest BCUT2D eigenvalue weighted by molar-refractivity contribution is 6.01. The van der Waals surface area contributed by atoms with E-state index >= 15 is 4.39 Å². The molecular formula is C28H39FO9. The number of rotatable bonds is 9. The fourth-order valence-electron chi connectivity index (χ4n) is 7.84. The average Bonchev–Trinajstić information content (AvgIpc) is 3.07. The molecule has 3 saturated carbocycles. The van der Waals surface area contributed by atoms with Gasteiger partial charge in [0.15, 0.2) is 18.1 Å². The summed E-state index contributed by atoms with van der Waals surface area (Å²) < 4.78 is 37.1. The fourth-order valence-corrected chi connectivity index (χ4v) is 7.84. The molecule has 0 spiro atoms. The highest BCUT2D eigenvalue weighted by Gasteiger charge is 2.75. The number of methoxy groups -OCH3 is 1. The van der Waals surface area contributed by atoms with Gasteiger partial charge in [-0.15, -0.1) is 0 Å². The van der Waals surface area contributed by atoms with Crippen molar-refractivity contribution in [2.24, 2.45) is 28.6 Å². The monoisotopic (exact) mass is 538 g/mol. The van der Waals surface area contributed by atoms with Crippen LogP contribution in [-0.2, 0) is 28.5 Å². The number of halogens is 1. The molecule has 0 aromatic rings. The minimum absolute atomic E-state index is 0.0705. The van der Waals surface area contributed by atoms with Crippen LogP contribution in [0.15, 0.2) is 23.8 Å². The van der Waals surface area contributed by atoms with Crippen molar-refractivity contribution < 1.29 is 47.9 Å². The zero-order valence-electron chi connectivity index (χ0n) is 22.5. The van der Waals surface area contributed by atoms with Crippen LogP contribution < -0.4 is 0 Å². The van der Waals surface area contributed by atoms with Crippen molar-refractivity contribution in [1.29, 1.82) is 0 Å². The van der Waals surface area contributed by atoms with Crippen LogP contribution in [0.3, 0.4) is 0 Å². The first-order chi connectivity index (χ1) is 17.9. The highest BCUT2D eigenvalue weighted by atomic mass is 19.1. The van der Waals surface area contributed by atoms with Crippen LogP contribution in [0, 0.1) is 28.6 Å². The normalized spacial score (nSPS) is 41.6. The number of aliphatic hydroxyl groups excluding tert-OH is 1. The molecule has 0 aromatic carbocycles. The molecular weight excluding hydrogens is 499 g/mol. The molecule has 4 aliphatic carbocycles. The molecule has 0 bridgehead atoms. The van der Waals surface area contributed by atoms with Crippen molar-refractivity contribution in [2.75, 3.05) is 40.1 Å². The van der Waals surface area contributed by atoms with Gasteiger partial charge in [0.1, 0.15) is 12.2 Å². The Morgan fingerprint density at radius 3 is 2.55 bits per heavy atom. The van der Waals surface area contributed by atoms with Gasteiger partial charge in [-0.1, -0.05) is 25.5 Å². The second kappa shape index (κ2) is 10.4. The molecule has 38 heavy (non-hydrogen) atoms. The van der Waals surface area contributed by atoms with Gasteiger partial charge in [-0.3, -0.25) is 9.59 Å². The molecule has 0 aliphatic heterocycles. The summed E-state index contributed by atoms with van der Waals surface area (Å²) in [4.78, 5) is 37.4. The summed E-state index contributed by atoms with van der Waals surface area (Å²) in [7, 11) is 1.54. The van der Waals surface area contributed by atoms with E-state index in [4.69, 9.17) is 18.9 Å². The number of fused-ring (bicyclic) bond motifs is 5. The molecule has 8 atom stereocenters. The average molecular weight is 539 g/mol. The number of Topliss-reactive ketones (excluding diaryl/α,β-unsaturated/α-hetero) is 1. The van der Waals surface area contributed by atoms with Crippen molar-refractivity contribution in [2.45, 2.75) is 63.8 Å². The second-order valence-electron chi connectivity index (χ2n) is 11.6. The van der Waals surface area contributed by atoms with E-state index in [1.165, 1.54) is 19.3 Å². The summed E-state index contributed by atoms with van der Waals surface area (Å²) in [6.07, 6.45) is 2.97. The number of aliphatic hydroxyl groups is 2. The lowest BCUT2D eigenvalue weighted by Gasteiger charge is -2.62. The largest absolute Gasteiger partial charge is 0.508 e. The molecule has 3 fully saturated rings. The number of carbonyl (C=O) groups excluding carboxylic acids is 3. The second-order valence-corrected chi connectivity index (χ2v) is 11.6. The predicted octanol–water partition coefficient (Wildman–Crippen LogP) is 2.72. The van der Waals surface area contributed by atoms with E-state index in [0.717, 1.165) is 0 Å². The Hall–Kier alpha value is -2.14. The summed E-state index contributed by atoms with van der Waals surface area (Å²) >= 11 is 0. The summed E-state index contributed by atoms with van der Waals surface area (Å²) in [6, 6.07) is 0. The number of carbonyl (C=O) groups is 3. The molecule has 0 aromatic heterocycles. The maximum Gasteiger partial charge on any atom is 0.508 e. The van der Waals surface area contributed by atoms with E-state index in [0.29, 0.717) is 38.0 Å². The van der Waals surface area contributed by atoms with Gasteiger partial charge in [0, 0.05) is 23.9 Å².